The fourth-order valence-corrected chi connectivity index (χ4v) is 1.67. The molecule has 1 aromatic carbocycles. The average molecular weight is 265 g/mol. The summed E-state index contributed by atoms with van der Waals surface area (Å²) in [6.07, 6.45) is 4.90. The Morgan fingerprint density at radius 1 is 1.50 bits per heavy atom. The topological polar surface area (TPSA) is 46.4 Å². The van der Waals surface area contributed by atoms with Crippen LogP contribution in [0.4, 0.5) is 11.4 Å². The van der Waals surface area contributed by atoms with Crippen molar-refractivity contribution in [3.63, 3.8) is 0 Å². The van der Waals surface area contributed by atoms with Gasteiger partial charge in [0.05, 0.1) is 4.92 Å². The molecule has 0 aliphatic heterocycles. The number of benzene rings is 1. The van der Waals surface area contributed by atoms with Gasteiger partial charge in [0.2, 0.25) is 0 Å². The van der Waals surface area contributed by atoms with Gasteiger partial charge in [0.15, 0.2) is 0 Å². The zero-order valence-electron chi connectivity index (χ0n) is 9.97. The lowest BCUT2D eigenvalue weighted by Gasteiger charge is -2.20. The number of halogens is 1. The van der Waals surface area contributed by atoms with Gasteiger partial charge >= 0.3 is 0 Å². The second-order valence-electron chi connectivity index (χ2n) is 3.48. The zero-order chi connectivity index (χ0) is 13.7. The molecule has 0 heterocycles. The maximum atomic E-state index is 11.0. The van der Waals surface area contributed by atoms with Crippen LogP contribution in [0.3, 0.4) is 0 Å². The SMILES string of the molecule is C=C/C=C(\C=C)N(C)c1ccc(Cl)cc1[N+](=O)[O-]. The van der Waals surface area contributed by atoms with Crippen LogP contribution in [0.5, 0.6) is 0 Å². The summed E-state index contributed by atoms with van der Waals surface area (Å²) >= 11 is 5.77. The van der Waals surface area contributed by atoms with E-state index >= 15 is 0 Å². The first kappa shape index (κ1) is 14.0. The fraction of sp³-hybridized carbons (Fsp3) is 0.0769. The lowest BCUT2D eigenvalue weighted by molar-refractivity contribution is -0.384. The molecule has 0 aliphatic rings. The summed E-state index contributed by atoms with van der Waals surface area (Å²) in [4.78, 5) is 12.2. The van der Waals surface area contributed by atoms with Crippen LogP contribution < -0.4 is 4.90 Å². The number of allylic oxidation sites excluding steroid dienone is 3. The summed E-state index contributed by atoms with van der Waals surface area (Å²) < 4.78 is 0. The van der Waals surface area contributed by atoms with Crippen LogP contribution in [0.25, 0.3) is 0 Å². The van der Waals surface area contributed by atoms with Gasteiger partial charge in [-0.1, -0.05) is 30.8 Å². The van der Waals surface area contributed by atoms with Gasteiger partial charge in [0.1, 0.15) is 5.69 Å². The highest BCUT2D eigenvalue weighted by Crippen LogP contribution is 2.32. The highest BCUT2D eigenvalue weighted by Gasteiger charge is 2.18. The number of likely N-dealkylation sites (N-methyl/N-ethyl adjacent to an activating group) is 1. The maximum absolute atomic E-state index is 11.0. The van der Waals surface area contributed by atoms with Crippen LogP contribution in [-0.2, 0) is 0 Å². The molecule has 1 aromatic rings. The largest absolute Gasteiger partial charge is 0.339 e. The van der Waals surface area contributed by atoms with Crippen molar-refractivity contribution in [2.24, 2.45) is 0 Å². The summed E-state index contributed by atoms with van der Waals surface area (Å²) in [5.74, 6) is 0. The third-order valence-electron chi connectivity index (χ3n) is 2.38. The minimum Gasteiger partial charge on any atom is -0.339 e. The lowest BCUT2D eigenvalue weighted by Crippen LogP contribution is -2.16. The van der Waals surface area contributed by atoms with Gasteiger partial charge in [-0.05, 0) is 24.3 Å². The van der Waals surface area contributed by atoms with Gasteiger partial charge in [-0.25, -0.2) is 0 Å². The standard InChI is InChI=1S/C13H13ClN2O2/c1-4-6-11(5-2)15(3)12-8-7-10(14)9-13(12)16(17)18/h4-9H,1-2H2,3H3/b11-6+. The van der Waals surface area contributed by atoms with Crippen molar-refractivity contribution in [2.45, 2.75) is 0 Å². The predicted molar refractivity (Wildman–Crippen MR) is 75.0 cm³/mol. The molecule has 4 nitrogen and oxygen atoms in total. The summed E-state index contributed by atoms with van der Waals surface area (Å²) in [6.45, 7) is 7.25. The van der Waals surface area contributed by atoms with Crippen molar-refractivity contribution in [1.82, 2.24) is 0 Å². The first-order valence-electron chi connectivity index (χ1n) is 5.14. The van der Waals surface area contributed by atoms with Crippen LogP contribution in [-0.4, -0.2) is 12.0 Å². The van der Waals surface area contributed by atoms with E-state index in [-0.39, 0.29) is 5.69 Å². The highest BCUT2D eigenvalue weighted by atomic mass is 35.5. The molecule has 0 saturated heterocycles. The summed E-state index contributed by atoms with van der Waals surface area (Å²) in [5.41, 5.74) is 1.09. The Hall–Kier alpha value is -2.07. The average Bonchev–Trinajstić information content (AvgIpc) is 2.35. The number of hydrogen-bond acceptors (Lipinski definition) is 3. The summed E-state index contributed by atoms with van der Waals surface area (Å²) in [7, 11) is 1.72. The van der Waals surface area contributed by atoms with Crippen LogP contribution in [0.1, 0.15) is 0 Å². The van der Waals surface area contributed by atoms with Crippen molar-refractivity contribution >= 4 is 23.0 Å². The molecule has 94 valence electrons. The second kappa shape index (κ2) is 6.02. The molecule has 0 aliphatic carbocycles. The number of hydrogen-bond donors (Lipinski definition) is 0. The molecule has 5 heteroatoms. The van der Waals surface area contributed by atoms with E-state index < -0.39 is 4.92 Å². The number of nitrogens with zero attached hydrogens (tertiary/aromatic N) is 2. The molecule has 18 heavy (non-hydrogen) atoms. The minimum absolute atomic E-state index is 0.0539. The molecule has 1 rings (SSSR count). The summed E-state index contributed by atoms with van der Waals surface area (Å²) in [6, 6.07) is 4.53. The Labute approximate surface area is 111 Å². The van der Waals surface area contributed by atoms with E-state index in [1.54, 1.807) is 42.3 Å². The normalized spacial score (nSPS) is 10.9. The van der Waals surface area contributed by atoms with Crippen LogP contribution >= 0.6 is 11.6 Å². The predicted octanol–water partition coefficient (Wildman–Crippen LogP) is 3.94. The van der Waals surface area contributed by atoms with E-state index in [4.69, 9.17) is 11.6 Å². The molecule has 0 bridgehead atoms. The third kappa shape index (κ3) is 2.99. The van der Waals surface area contributed by atoms with Crippen LogP contribution in [0.15, 0.2) is 55.3 Å². The molecule has 0 saturated carbocycles. The van der Waals surface area contributed by atoms with E-state index in [1.165, 1.54) is 6.07 Å². The monoisotopic (exact) mass is 264 g/mol. The number of rotatable bonds is 5. The van der Waals surface area contributed by atoms with E-state index in [1.807, 2.05) is 0 Å². The molecule has 0 atom stereocenters. The Kier molecular flexibility index (Phi) is 4.68. The highest BCUT2D eigenvalue weighted by molar-refractivity contribution is 6.30. The first-order valence-corrected chi connectivity index (χ1v) is 5.52. The Balaban J connectivity index is 3.32. The molecular weight excluding hydrogens is 252 g/mol. The molecular formula is C13H13ClN2O2. The van der Waals surface area contributed by atoms with Gasteiger partial charge in [0.25, 0.3) is 5.69 Å². The van der Waals surface area contributed by atoms with Gasteiger partial charge in [-0.15, -0.1) is 0 Å². The first-order chi connectivity index (χ1) is 8.51. The van der Waals surface area contributed by atoms with E-state index in [9.17, 15) is 10.1 Å². The van der Waals surface area contributed by atoms with Gasteiger partial charge < -0.3 is 4.90 Å². The van der Waals surface area contributed by atoms with Crippen molar-refractivity contribution in [3.8, 4) is 0 Å². The van der Waals surface area contributed by atoms with Crippen LogP contribution in [0, 0.1) is 10.1 Å². The smallest absolute Gasteiger partial charge is 0.294 e. The molecule has 0 N–H and O–H groups in total. The Morgan fingerprint density at radius 2 is 2.17 bits per heavy atom. The van der Waals surface area contributed by atoms with Gasteiger partial charge in [-0.2, -0.15) is 0 Å². The van der Waals surface area contributed by atoms with Crippen molar-refractivity contribution in [1.29, 1.82) is 0 Å². The molecule has 0 spiro atoms. The summed E-state index contributed by atoms with van der Waals surface area (Å²) in [5, 5.41) is 11.3. The van der Waals surface area contributed by atoms with E-state index in [0.29, 0.717) is 16.4 Å². The Morgan fingerprint density at radius 3 is 2.67 bits per heavy atom. The fourth-order valence-electron chi connectivity index (χ4n) is 1.50. The third-order valence-corrected chi connectivity index (χ3v) is 2.62. The molecule has 0 aromatic heterocycles. The molecule has 0 amide bonds. The minimum atomic E-state index is -0.466. The second-order valence-corrected chi connectivity index (χ2v) is 3.92. The van der Waals surface area contributed by atoms with E-state index in [0.717, 1.165) is 0 Å². The van der Waals surface area contributed by atoms with Crippen molar-refractivity contribution < 1.29 is 4.92 Å². The zero-order valence-corrected chi connectivity index (χ0v) is 10.7. The number of nitro benzene ring substituents is 1. The lowest BCUT2D eigenvalue weighted by atomic mass is 10.2. The van der Waals surface area contributed by atoms with Crippen LogP contribution in [0.2, 0.25) is 5.02 Å². The quantitative estimate of drug-likeness (QED) is 0.460. The van der Waals surface area contributed by atoms with Gasteiger partial charge in [0, 0.05) is 23.8 Å². The number of nitro groups is 1. The molecule has 0 radical (unpaired) electrons. The van der Waals surface area contributed by atoms with E-state index in [2.05, 4.69) is 13.2 Å². The molecule has 0 fully saturated rings. The maximum Gasteiger partial charge on any atom is 0.294 e. The van der Waals surface area contributed by atoms with Crippen molar-refractivity contribution in [2.75, 3.05) is 11.9 Å². The molecule has 0 unspecified atom stereocenters. The van der Waals surface area contributed by atoms with Crippen molar-refractivity contribution in [3.05, 3.63) is 70.4 Å². The van der Waals surface area contributed by atoms with Gasteiger partial charge in [-0.3, -0.25) is 10.1 Å². The Bertz CT molecular complexity index is 524. The number of anilines is 1.